The Kier molecular flexibility index (Phi) is 4.88. The highest BCUT2D eigenvalue weighted by Crippen LogP contribution is 2.40. The van der Waals surface area contributed by atoms with E-state index in [1.54, 1.807) is 36.4 Å². The first-order valence-corrected chi connectivity index (χ1v) is 9.57. The summed E-state index contributed by atoms with van der Waals surface area (Å²) in [5, 5.41) is 0. The van der Waals surface area contributed by atoms with E-state index in [1.165, 1.54) is 0 Å². The summed E-state index contributed by atoms with van der Waals surface area (Å²) >= 11 is 0. The lowest BCUT2D eigenvalue weighted by Gasteiger charge is -2.36. The van der Waals surface area contributed by atoms with E-state index in [9.17, 15) is 14.4 Å². The lowest BCUT2D eigenvalue weighted by molar-refractivity contribution is -0.145. The third kappa shape index (κ3) is 3.70. The van der Waals surface area contributed by atoms with Crippen molar-refractivity contribution >= 4 is 17.5 Å². The van der Waals surface area contributed by atoms with Crippen LogP contribution in [0.2, 0.25) is 0 Å². The van der Waals surface area contributed by atoms with Crippen LogP contribution >= 0.6 is 0 Å². The van der Waals surface area contributed by atoms with Crippen LogP contribution in [0, 0.1) is 17.8 Å². The highest BCUT2D eigenvalue weighted by Gasteiger charge is 2.41. The van der Waals surface area contributed by atoms with Gasteiger partial charge in [-0.15, -0.1) is 0 Å². The van der Waals surface area contributed by atoms with E-state index in [4.69, 9.17) is 4.74 Å². The molecule has 2 bridgehead atoms. The molecule has 2 fully saturated rings. The van der Waals surface area contributed by atoms with E-state index in [0.717, 1.165) is 19.3 Å². The SMILES string of the molecule is O=C(c1ccccc1)c1ccc(OC(=O)C2C[C@H]3CCC[C@@H](C2)C3=O)cc1. The number of fused-ring (bicyclic) bond motifs is 2. The van der Waals surface area contributed by atoms with Gasteiger partial charge in [-0.05, 0) is 49.9 Å². The maximum absolute atomic E-state index is 12.5. The van der Waals surface area contributed by atoms with Crippen LogP contribution in [0.1, 0.15) is 48.0 Å². The molecule has 0 aliphatic heterocycles. The first-order valence-electron chi connectivity index (χ1n) is 9.57. The molecular formula is C23H22O4. The van der Waals surface area contributed by atoms with E-state index in [-0.39, 0.29) is 29.5 Å². The van der Waals surface area contributed by atoms with Crippen molar-refractivity contribution in [1.82, 2.24) is 0 Å². The summed E-state index contributed by atoms with van der Waals surface area (Å²) in [6.45, 7) is 0. The average molecular weight is 362 g/mol. The number of benzene rings is 2. The molecule has 0 radical (unpaired) electrons. The van der Waals surface area contributed by atoms with Crippen LogP contribution < -0.4 is 4.74 Å². The zero-order chi connectivity index (χ0) is 18.8. The molecule has 27 heavy (non-hydrogen) atoms. The Morgan fingerprint density at radius 1 is 0.815 bits per heavy atom. The van der Waals surface area contributed by atoms with E-state index >= 15 is 0 Å². The number of hydrogen-bond donors (Lipinski definition) is 0. The third-order valence-corrected chi connectivity index (χ3v) is 5.75. The predicted octanol–water partition coefficient (Wildman–Crippen LogP) is 4.22. The van der Waals surface area contributed by atoms with Gasteiger partial charge in [0.25, 0.3) is 0 Å². The van der Waals surface area contributed by atoms with Gasteiger partial charge in [-0.2, -0.15) is 0 Å². The maximum Gasteiger partial charge on any atom is 0.314 e. The van der Waals surface area contributed by atoms with Crippen LogP contribution in [-0.2, 0) is 9.59 Å². The van der Waals surface area contributed by atoms with Gasteiger partial charge in [0, 0.05) is 23.0 Å². The van der Waals surface area contributed by atoms with Crippen molar-refractivity contribution in [1.29, 1.82) is 0 Å². The molecule has 2 saturated carbocycles. The van der Waals surface area contributed by atoms with Crippen molar-refractivity contribution in [2.24, 2.45) is 17.8 Å². The lowest BCUT2D eigenvalue weighted by Crippen LogP contribution is -2.40. The van der Waals surface area contributed by atoms with Gasteiger partial charge >= 0.3 is 5.97 Å². The average Bonchev–Trinajstić information content (AvgIpc) is 2.68. The summed E-state index contributed by atoms with van der Waals surface area (Å²) in [6.07, 6.45) is 4.10. The zero-order valence-electron chi connectivity index (χ0n) is 15.1. The van der Waals surface area contributed by atoms with Crippen LogP contribution in [0.4, 0.5) is 0 Å². The quantitative estimate of drug-likeness (QED) is 0.464. The highest BCUT2D eigenvalue weighted by molar-refractivity contribution is 6.09. The molecule has 138 valence electrons. The minimum Gasteiger partial charge on any atom is -0.426 e. The second-order valence-electron chi connectivity index (χ2n) is 7.54. The Balaban J connectivity index is 1.40. The Hall–Kier alpha value is -2.75. The van der Waals surface area contributed by atoms with Gasteiger partial charge in [-0.25, -0.2) is 0 Å². The predicted molar refractivity (Wildman–Crippen MR) is 101 cm³/mol. The Morgan fingerprint density at radius 3 is 2.04 bits per heavy atom. The van der Waals surface area contributed by atoms with Crippen molar-refractivity contribution in [2.45, 2.75) is 32.1 Å². The van der Waals surface area contributed by atoms with E-state index < -0.39 is 0 Å². The van der Waals surface area contributed by atoms with Gasteiger partial charge in [0.1, 0.15) is 11.5 Å². The fourth-order valence-electron chi connectivity index (χ4n) is 4.30. The number of carbonyl (C=O) groups is 3. The first-order chi connectivity index (χ1) is 13.1. The topological polar surface area (TPSA) is 60.4 Å². The van der Waals surface area contributed by atoms with Crippen LogP contribution in [0.3, 0.4) is 0 Å². The normalized spacial score (nSPS) is 24.3. The number of Topliss-reactive ketones (excluding diaryl/α,β-unsaturated/α-hetero) is 1. The van der Waals surface area contributed by atoms with Gasteiger partial charge in [-0.1, -0.05) is 36.8 Å². The van der Waals surface area contributed by atoms with Gasteiger partial charge in [-0.3, -0.25) is 14.4 Å². The van der Waals surface area contributed by atoms with E-state index in [0.29, 0.717) is 35.5 Å². The Bertz CT molecular complexity index is 838. The molecular weight excluding hydrogens is 340 g/mol. The molecule has 0 saturated heterocycles. The van der Waals surface area contributed by atoms with Crippen LogP contribution in [0.15, 0.2) is 54.6 Å². The lowest BCUT2D eigenvalue weighted by atomic mass is 9.67. The molecule has 0 aromatic heterocycles. The number of ketones is 2. The molecule has 4 rings (SSSR count). The molecule has 0 amide bonds. The van der Waals surface area contributed by atoms with Gasteiger partial charge in [0.2, 0.25) is 0 Å². The molecule has 4 nitrogen and oxygen atoms in total. The van der Waals surface area contributed by atoms with Crippen molar-refractivity contribution in [3.8, 4) is 5.75 Å². The van der Waals surface area contributed by atoms with Crippen LogP contribution in [-0.4, -0.2) is 17.5 Å². The molecule has 4 heteroatoms. The molecule has 0 N–H and O–H groups in total. The third-order valence-electron chi connectivity index (χ3n) is 5.75. The van der Waals surface area contributed by atoms with Gasteiger partial charge < -0.3 is 4.74 Å². The van der Waals surface area contributed by atoms with Crippen molar-refractivity contribution in [2.75, 3.05) is 0 Å². The maximum atomic E-state index is 12.5. The van der Waals surface area contributed by atoms with Crippen molar-refractivity contribution in [3.63, 3.8) is 0 Å². The second-order valence-corrected chi connectivity index (χ2v) is 7.54. The number of carbonyl (C=O) groups excluding carboxylic acids is 3. The van der Waals surface area contributed by atoms with Gasteiger partial charge in [0.05, 0.1) is 5.92 Å². The standard InChI is InChI=1S/C23H22O4/c24-21(15-5-2-1-3-6-15)16-9-11-20(12-10-16)27-23(26)19-13-17-7-4-8-18(14-19)22(17)25/h1-3,5-6,9-12,17-19H,4,7-8,13-14H2/t17-,18+,19?. The first kappa shape index (κ1) is 17.7. The minimum absolute atomic E-state index is 0.0286. The summed E-state index contributed by atoms with van der Waals surface area (Å²) in [5.41, 5.74) is 1.18. The summed E-state index contributed by atoms with van der Waals surface area (Å²) < 4.78 is 5.53. The molecule has 2 aromatic carbocycles. The summed E-state index contributed by atoms with van der Waals surface area (Å²) in [7, 11) is 0. The molecule has 1 unspecified atom stereocenters. The largest absolute Gasteiger partial charge is 0.426 e. The van der Waals surface area contributed by atoms with Crippen LogP contribution in [0.25, 0.3) is 0 Å². The minimum atomic E-state index is -0.262. The Morgan fingerprint density at radius 2 is 1.41 bits per heavy atom. The molecule has 3 atom stereocenters. The van der Waals surface area contributed by atoms with Crippen LogP contribution in [0.5, 0.6) is 5.75 Å². The van der Waals surface area contributed by atoms with Crippen molar-refractivity contribution < 1.29 is 19.1 Å². The summed E-state index contributed by atoms with van der Waals surface area (Å²) in [5.74, 6) is 0.305. The number of esters is 1. The number of hydrogen-bond acceptors (Lipinski definition) is 4. The van der Waals surface area contributed by atoms with E-state index in [2.05, 4.69) is 0 Å². The monoisotopic (exact) mass is 362 g/mol. The zero-order valence-corrected chi connectivity index (χ0v) is 15.1. The molecule has 2 aromatic rings. The number of ether oxygens (including phenoxy) is 1. The fraction of sp³-hybridized carbons (Fsp3) is 0.348. The van der Waals surface area contributed by atoms with Gasteiger partial charge in [0.15, 0.2) is 5.78 Å². The van der Waals surface area contributed by atoms with Crippen molar-refractivity contribution in [3.05, 3.63) is 65.7 Å². The molecule has 2 aliphatic rings. The Labute approximate surface area is 158 Å². The molecule has 0 heterocycles. The fourth-order valence-corrected chi connectivity index (χ4v) is 4.30. The van der Waals surface area contributed by atoms with E-state index in [1.807, 2.05) is 18.2 Å². The molecule has 2 aliphatic carbocycles. The molecule has 0 spiro atoms. The summed E-state index contributed by atoms with van der Waals surface area (Å²) in [6, 6.07) is 15.7. The highest BCUT2D eigenvalue weighted by atomic mass is 16.5. The second kappa shape index (κ2) is 7.47. The smallest absolute Gasteiger partial charge is 0.314 e. The number of rotatable bonds is 4. The summed E-state index contributed by atoms with van der Waals surface area (Å²) in [4.78, 5) is 37.1.